The Balaban J connectivity index is 2.75. The third-order valence-corrected chi connectivity index (χ3v) is 2.90. The molecule has 1 aromatic heterocycles. The highest BCUT2D eigenvalue weighted by Gasteiger charge is 2.09. The largest absolute Gasteiger partial charge is 0.254 e. The highest BCUT2D eigenvalue weighted by molar-refractivity contribution is 7.12. The second-order valence-electron chi connectivity index (χ2n) is 2.73. The summed E-state index contributed by atoms with van der Waals surface area (Å²) in [5, 5.41) is 0. The minimum absolute atomic E-state index is 1.11. The first kappa shape index (κ1) is 7.53. The van der Waals surface area contributed by atoms with Gasteiger partial charge in [-0.1, -0.05) is 0 Å². The van der Waals surface area contributed by atoms with Crippen molar-refractivity contribution >= 4 is 29.3 Å². The molecule has 0 spiro atoms. The predicted octanol–water partition coefficient (Wildman–Crippen LogP) is 3.25. The van der Waals surface area contributed by atoms with Gasteiger partial charge in [-0.25, -0.2) is 0 Å². The molecular weight excluding hydrogens is 166 g/mol. The second-order valence-corrected chi connectivity index (χ2v) is 4.16. The van der Waals surface area contributed by atoms with Crippen LogP contribution in [0.25, 0.3) is 6.08 Å². The fourth-order valence-electron chi connectivity index (χ4n) is 1.31. The molecule has 0 radical (unpaired) electrons. The summed E-state index contributed by atoms with van der Waals surface area (Å²) in [5.74, 6) is 0. The van der Waals surface area contributed by atoms with Crippen molar-refractivity contribution in [1.82, 2.24) is 0 Å². The van der Waals surface area contributed by atoms with Crippen molar-refractivity contribution in [1.29, 1.82) is 0 Å². The van der Waals surface area contributed by atoms with E-state index in [4.69, 9.17) is 0 Å². The monoisotopic (exact) mass is 175 g/mol. The quantitative estimate of drug-likeness (QED) is 0.537. The molecule has 60 valence electrons. The van der Waals surface area contributed by atoms with Gasteiger partial charge in [-0.05, 0) is 26.0 Å². The molecule has 12 heavy (non-hydrogen) atoms. The summed E-state index contributed by atoms with van der Waals surface area (Å²) in [6, 6.07) is 0. The predicted molar refractivity (Wildman–Crippen MR) is 54.5 cm³/mol. The third-order valence-electron chi connectivity index (χ3n) is 1.88. The summed E-state index contributed by atoms with van der Waals surface area (Å²) in [5.41, 5.74) is 5.40. The maximum absolute atomic E-state index is 4.34. The number of hydrogen-bond acceptors (Lipinski definition) is 2. The average Bonchev–Trinajstić information content (AvgIpc) is 2.29. The van der Waals surface area contributed by atoms with Gasteiger partial charge in [-0.2, -0.15) is 0 Å². The zero-order valence-corrected chi connectivity index (χ0v) is 7.90. The molecule has 1 nitrogen and oxygen atoms in total. The number of aryl methyl sites for hydroxylation is 2. The summed E-state index contributed by atoms with van der Waals surface area (Å²) in [4.78, 5) is 6.95. The van der Waals surface area contributed by atoms with Crippen molar-refractivity contribution in [3.8, 4) is 0 Å². The van der Waals surface area contributed by atoms with Crippen LogP contribution < -0.4 is 0 Å². The SMILES string of the molecule is Cc1sc(C)c2c1C=C=CC=N2. The fourth-order valence-corrected chi connectivity index (χ4v) is 2.29. The molecule has 0 bridgehead atoms. The van der Waals surface area contributed by atoms with Gasteiger partial charge in [0.25, 0.3) is 0 Å². The first-order valence-corrected chi connectivity index (χ1v) is 4.66. The van der Waals surface area contributed by atoms with E-state index in [1.807, 2.05) is 12.2 Å². The standard InChI is InChI=1S/C10H9NS/c1-7-9-5-3-4-6-11-10(9)8(2)12-7/h4-6H,1-2H3. The molecule has 0 atom stereocenters. The molecule has 1 aliphatic heterocycles. The Morgan fingerprint density at radius 3 is 3.00 bits per heavy atom. The number of fused-ring (bicyclic) bond motifs is 1. The zero-order chi connectivity index (χ0) is 8.55. The first-order chi connectivity index (χ1) is 5.79. The summed E-state index contributed by atoms with van der Waals surface area (Å²) < 4.78 is 0. The van der Waals surface area contributed by atoms with Crippen LogP contribution in [0.4, 0.5) is 5.69 Å². The van der Waals surface area contributed by atoms with Crippen molar-refractivity contribution in [2.75, 3.05) is 0 Å². The molecule has 0 unspecified atom stereocenters. The Bertz CT molecular complexity index is 404. The number of thiophene rings is 1. The Morgan fingerprint density at radius 1 is 1.33 bits per heavy atom. The van der Waals surface area contributed by atoms with E-state index in [0.29, 0.717) is 0 Å². The van der Waals surface area contributed by atoms with E-state index >= 15 is 0 Å². The third kappa shape index (κ3) is 1.06. The zero-order valence-electron chi connectivity index (χ0n) is 7.09. The van der Waals surface area contributed by atoms with Gasteiger partial charge in [0.1, 0.15) is 0 Å². The molecule has 2 rings (SSSR count). The Morgan fingerprint density at radius 2 is 2.17 bits per heavy atom. The minimum Gasteiger partial charge on any atom is -0.254 e. The highest BCUT2D eigenvalue weighted by atomic mass is 32.1. The Kier molecular flexibility index (Phi) is 1.72. The first-order valence-electron chi connectivity index (χ1n) is 3.84. The van der Waals surface area contributed by atoms with Gasteiger partial charge in [0.15, 0.2) is 0 Å². The molecule has 1 aliphatic rings. The smallest absolute Gasteiger partial charge is 0.0847 e. The second kappa shape index (κ2) is 2.74. The molecule has 0 saturated carbocycles. The molecule has 0 saturated heterocycles. The van der Waals surface area contributed by atoms with E-state index in [1.54, 1.807) is 17.6 Å². The lowest BCUT2D eigenvalue weighted by atomic mass is 10.2. The summed E-state index contributed by atoms with van der Waals surface area (Å²) in [6.45, 7) is 4.22. The van der Waals surface area contributed by atoms with E-state index in [0.717, 1.165) is 5.69 Å². The Hall–Kier alpha value is -1.11. The van der Waals surface area contributed by atoms with Crippen LogP contribution in [0.2, 0.25) is 0 Å². The molecule has 0 fully saturated rings. The van der Waals surface area contributed by atoms with Crippen LogP contribution in [0.5, 0.6) is 0 Å². The topological polar surface area (TPSA) is 12.4 Å². The van der Waals surface area contributed by atoms with E-state index in [-0.39, 0.29) is 0 Å². The van der Waals surface area contributed by atoms with Crippen LogP contribution in [0.3, 0.4) is 0 Å². The molecular formula is C10H9NS. The molecule has 0 aliphatic carbocycles. The molecule has 2 heterocycles. The van der Waals surface area contributed by atoms with Crippen molar-refractivity contribution in [3.05, 3.63) is 27.1 Å². The molecule has 0 amide bonds. The lowest BCUT2D eigenvalue weighted by molar-refractivity contribution is 1.48. The van der Waals surface area contributed by atoms with E-state index in [1.165, 1.54) is 15.3 Å². The minimum atomic E-state index is 1.11. The maximum Gasteiger partial charge on any atom is 0.0847 e. The van der Waals surface area contributed by atoms with Gasteiger partial charge < -0.3 is 0 Å². The van der Waals surface area contributed by atoms with Crippen LogP contribution in [0.1, 0.15) is 15.3 Å². The van der Waals surface area contributed by atoms with E-state index in [2.05, 4.69) is 24.6 Å². The molecule has 1 aromatic rings. The highest BCUT2D eigenvalue weighted by Crippen LogP contribution is 2.35. The average molecular weight is 175 g/mol. The van der Waals surface area contributed by atoms with Gasteiger partial charge in [0.05, 0.1) is 5.69 Å². The number of aliphatic imine (C=N–C) groups is 1. The molecule has 0 N–H and O–H groups in total. The van der Waals surface area contributed by atoms with Crippen LogP contribution in [-0.2, 0) is 0 Å². The van der Waals surface area contributed by atoms with E-state index in [9.17, 15) is 0 Å². The van der Waals surface area contributed by atoms with Gasteiger partial charge in [0.2, 0.25) is 0 Å². The van der Waals surface area contributed by atoms with Crippen molar-refractivity contribution < 1.29 is 0 Å². The molecule has 2 heteroatoms. The maximum atomic E-state index is 4.34. The number of hydrogen-bond donors (Lipinski definition) is 0. The van der Waals surface area contributed by atoms with Crippen molar-refractivity contribution in [2.45, 2.75) is 13.8 Å². The number of rotatable bonds is 0. The van der Waals surface area contributed by atoms with Crippen LogP contribution in [-0.4, -0.2) is 6.21 Å². The summed E-state index contributed by atoms with van der Waals surface area (Å²) in [7, 11) is 0. The van der Waals surface area contributed by atoms with Gasteiger partial charge in [-0.15, -0.1) is 17.1 Å². The van der Waals surface area contributed by atoms with Gasteiger partial charge in [-0.3, -0.25) is 4.99 Å². The number of allylic oxidation sites excluding steroid dienone is 1. The summed E-state index contributed by atoms with van der Waals surface area (Å²) in [6.07, 6.45) is 5.63. The van der Waals surface area contributed by atoms with Crippen molar-refractivity contribution in [2.24, 2.45) is 4.99 Å². The van der Waals surface area contributed by atoms with Gasteiger partial charge in [0, 0.05) is 21.5 Å². The van der Waals surface area contributed by atoms with E-state index < -0.39 is 0 Å². The normalized spacial score (nSPS) is 13.2. The van der Waals surface area contributed by atoms with Crippen molar-refractivity contribution in [3.63, 3.8) is 0 Å². The Labute approximate surface area is 75.8 Å². The van der Waals surface area contributed by atoms with Gasteiger partial charge >= 0.3 is 0 Å². The van der Waals surface area contributed by atoms with Crippen LogP contribution >= 0.6 is 11.3 Å². The lowest BCUT2D eigenvalue weighted by Gasteiger charge is -1.91. The lowest BCUT2D eigenvalue weighted by Crippen LogP contribution is -1.69. The van der Waals surface area contributed by atoms with Crippen LogP contribution in [0, 0.1) is 13.8 Å². The fraction of sp³-hybridized carbons (Fsp3) is 0.200. The van der Waals surface area contributed by atoms with Crippen LogP contribution in [0.15, 0.2) is 16.8 Å². The number of nitrogens with zero attached hydrogens (tertiary/aromatic N) is 1. The molecule has 0 aromatic carbocycles. The summed E-state index contributed by atoms with van der Waals surface area (Å²) >= 11 is 1.80.